The summed E-state index contributed by atoms with van der Waals surface area (Å²) >= 11 is 5.91. The molecule has 0 bridgehead atoms. The number of halogens is 2. The standard InChI is InChI=1S/C18H27ClFN/c1-4-11-21-17(14-9-8-13(19)12-16(14)20)15-7-5-6-10-18(15,2)3/h8-9,12,15,17,21H,4-7,10-11H2,1-3H3. The molecule has 1 aromatic rings. The molecule has 0 radical (unpaired) electrons. The van der Waals surface area contributed by atoms with Crippen LogP contribution in [0.4, 0.5) is 4.39 Å². The number of nitrogens with one attached hydrogen (secondary N) is 1. The van der Waals surface area contributed by atoms with Gasteiger partial charge >= 0.3 is 0 Å². The maximum atomic E-state index is 14.4. The Balaban J connectivity index is 2.32. The summed E-state index contributed by atoms with van der Waals surface area (Å²) in [6, 6.07) is 5.18. The van der Waals surface area contributed by atoms with E-state index in [0.717, 1.165) is 24.9 Å². The van der Waals surface area contributed by atoms with Gasteiger partial charge in [0.15, 0.2) is 0 Å². The maximum absolute atomic E-state index is 14.4. The van der Waals surface area contributed by atoms with E-state index in [1.54, 1.807) is 6.07 Å². The SMILES string of the molecule is CCCNC(c1ccc(Cl)cc1F)C1CCCCC1(C)C. The van der Waals surface area contributed by atoms with E-state index in [1.807, 2.05) is 6.07 Å². The van der Waals surface area contributed by atoms with Crippen molar-refractivity contribution in [1.29, 1.82) is 0 Å². The normalized spacial score (nSPS) is 23.0. The minimum absolute atomic E-state index is 0.0810. The molecule has 1 nitrogen and oxygen atoms in total. The second kappa shape index (κ2) is 7.11. The van der Waals surface area contributed by atoms with E-state index in [4.69, 9.17) is 11.6 Å². The molecule has 1 saturated carbocycles. The Morgan fingerprint density at radius 1 is 1.38 bits per heavy atom. The molecular weight excluding hydrogens is 285 g/mol. The first-order valence-electron chi connectivity index (χ1n) is 8.14. The summed E-state index contributed by atoms with van der Waals surface area (Å²) in [6.07, 6.45) is 5.97. The largest absolute Gasteiger partial charge is 0.310 e. The van der Waals surface area contributed by atoms with Crippen LogP contribution in [0.15, 0.2) is 18.2 Å². The molecule has 0 spiro atoms. The Kier molecular flexibility index (Phi) is 5.67. The van der Waals surface area contributed by atoms with Crippen LogP contribution < -0.4 is 5.32 Å². The minimum atomic E-state index is -0.183. The molecule has 1 aliphatic rings. The van der Waals surface area contributed by atoms with E-state index < -0.39 is 0 Å². The van der Waals surface area contributed by atoms with Gasteiger partial charge in [-0.15, -0.1) is 0 Å². The van der Waals surface area contributed by atoms with Crippen LogP contribution in [-0.2, 0) is 0 Å². The van der Waals surface area contributed by atoms with Gasteiger partial charge in [0.25, 0.3) is 0 Å². The first-order valence-corrected chi connectivity index (χ1v) is 8.52. The third-order valence-electron chi connectivity index (χ3n) is 4.90. The first kappa shape index (κ1) is 16.8. The molecule has 0 heterocycles. The fourth-order valence-electron chi connectivity index (χ4n) is 3.66. The summed E-state index contributed by atoms with van der Waals surface area (Å²) in [7, 11) is 0. The van der Waals surface area contributed by atoms with Gasteiger partial charge in [0.2, 0.25) is 0 Å². The topological polar surface area (TPSA) is 12.0 Å². The van der Waals surface area contributed by atoms with Crippen molar-refractivity contribution in [3.8, 4) is 0 Å². The number of rotatable bonds is 5. The highest BCUT2D eigenvalue weighted by molar-refractivity contribution is 6.30. The molecule has 0 saturated heterocycles. The highest BCUT2D eigenvalue weighted by Gasteiger charge is 2.38. The van der Waals surface area contributed by atoms with Crippen LogP contribution in [0.2, 0.25) is 5.02 Å². The Bertz CT molecular complexity index is 472. The lowest BCUT2D eigenvalue weighted by atomic mass is 9.64. The molecule has 21 heavy (non-hydrogen) atoms. The fraction of sp³-hybridized carbons (Fsp3) is 0.667. The molecule has 1 fully saturated rings. The first-order chi connectivity index (χ1) is 9.95. The smallest absolute Gasteiger partial charge is 0.129 e. The van der Waals surface area contributed by atoms with Gasteiger partial charge in [-0.2, -0.15) is 0 Å². The number of benzene rings is 1. The van der Waals surface area contributed by atoms with Gasteiger partial charge in [-0.3, -0.25) is 0 Å². The van der Waals surface area contributed by atoms with Gasteiger partial charge in [0, 0.05) is 16.6 Å². The van der Waals surface area contributed by atoms with Crippen molar-refractivity contribution >= 4 is 11.6 Å². The van der Waals surface area contributed by atoms with Gasteiger partial charge in [0.05, 0.1) is 0 Å². The van der Waals surface area contributed by atoms with E-state index in [2.05, 4.69) is 26.1 Å². The van der Waals surface area contributed by atoms with Crippen molar-refractivity contribution in [2.45, 2.75) is 58.9 Å². The van der Waals surface area contributed by atoms with Gasteiger partial charge < -0.3 is 5.32 Å². The highest BCUT2D eigenvalue weighted by atomic mass is 35.5. The van der Waals surface area contributed by atoms with Crippen LogP contribution in [0.25, 0.3) is 0 Å². The predicted octanol–water partition coefficient (Wildman–Crippen LogP) is 5.74. The molecule has 1 N–H and O–H groups in total. The summed E-state index contributed by atoms with van der Waals surface area (Å²) < 4.78 is 14.4. The van der Waals surface area contributed by atoms with Crippen LogP contribution in [0.1, 0.15) is 64.5 Å². The van der Waals surface area contributed by atoms with Crippen molar-refractivity contribution in [2.75, 3.05) is 6.54 Å². The molecule has 2 unspecified atom stereocenters. The molecule has 0 aliphatic heterocycles. The Hall–Kier alpha value is -0.600. The third-order valence-corrected chi connectivity index (χ3v) is 5.14. The summed E-state index contributed by atoms with van der Waals surface area (Å²) in [5.41, 5.74) is 1.02. The van der Waals surface area contributed by atoms with Crippen molar-refractivity contribution in [2.24, 2.45) is 11.3 Å². The Morgan fingerprint density at radius 3 is 2.76 bits per heavy atom. The van der Waals surface area contributed by atoms with Crippen molar-refractivity contribution < 1.29 is 4.39 Å². The van der Waals surface area contributed by atoms with Crippen LogP contribution in [0.3, 0.4) is 0 Å². The third kappa shape index (κ3) is 3.98. The molecule has 118 valence electrons. The summed E-state index contributed by atoms with van der Waals surface area (Å²) in [6.45, 7) is 7.71. The van der Waals surface area contributed by atoms with Gasteiger partial charge in [0.1, 0.15) is 5.82 Å². The molecule has 2 atom stereocenters. The molecule has 0 amide bonds. The van der Waals surface area contributed by atoms with Crippen molar-refractivity contribution in [1.82, 2.24) is 5.32 Å². The monoisotopic (exact) mass is 311 g/mol. The van der Waals surface area contributed by atoms with E-state index in [9.17, 15) is 4.39 Å². The number of hydrogen-bond donors (Lipinski definition) is 1. The molecule has 1 aromatic carbocycles. The number of hydrogen-bond acceptors (Lipinski definition) is 1. The summed E-state index contributed by atoms with van der Waals surface area (Å²) in [4.78, 5) is 0. The highest BCUT2D eigenvalue weighted by Crippen LogP contribution is 2.47. The fourth-order valence-corrected chi connectivity index (χ4v) is 3.82. The lowest BCUT2D eigenvalue weighted by Gasteiger charge is -2.44. The zero-order valence-corrected chi connectivity index (χ0v) is 14.1. The molecule has 3 heteroatoms. The minimum Gasteiger partial charge on any atom is -0.310 e. The van der Waals surface area contributed by atoms with Gasteiger partial charge in [-0.25, -0.2) is 4.39 Å². The lowest BCUT2D eigenvalue weighted by Crippen LogP contribution is -2.39. The van der Waals surface area contributed by atoms with Crippen LogP contribution in [0.5, 0.6) is 0 Å². The summed E-state index contributed by atoms with van der Waals surface area (Å²) in [5.74, 6) is 0.283. The second-order valence-corrected chi connectivity index (χ2v) is 7.37. The van der Waals surface area contributed by atoms with Crippen molar-refractivity contribution in [3.05, 3.63) is 34.6 Å². The Morgan fingerprint density at radius 2 is 2.14 bits per heavy atom. The predicted molar refractivity (Wildman–Crippen MR) is 88.2 cm³/mol. The van der Waals surface area contributed by atoms with E-state index in [1.165, 1.54) is 25.3 Å². The second-order valence-electron chi connectivity index (χ2n) is 6.94. The van der Waals surface area contributed by atoms with Gasteiger partial charge in [-0.05, 0) is 49.3 Å². The molecule has 2 rings (SSSR count). The molecule has 0 aromatic heterocycles. The van der Waals surface area contributed by atoms with Crippen LogP contribution in [-0.4, -0.2) is 6.54 Å². The van der Waals surface area contributed by atoms with Crippen LogP contribution >= 0.6 is 11.6 Å². The average molecular weight is 312 g/mol. The summed E-state index contributed by atoms with van der Waals surface area (Å²) in [5, 5.41) is 4.05. The molecular formula is C18H27ClFN. The average Bonchev–Trinajstić information content (AvgIpc) is 2.42. The van der Waals surface area contributed by atoms with Crippen molar-refractivity contribution in [3.63, 3.8) is 0 Å². The van der Waals surface area contributed by atoms with Crippen LogP contribution in [0, 0.1) is 17.2 Å². The zero-order chi connectivity index (χ0) is 15.5. The Labute approximate surface area is 133 Å². The molecule has 1 aliphatic carbocycles. The van der Waals surface area contributed by atoms with E-state index in [-0.39, 0.29) is 17.3 Å². The maximum Gasteiger partial charge on any atom is 0.129 e. The lowest BCUT2D eigenvalue weighted by molar-refractivity contribution is 0.0968. The zero-order valence-electron chi connectivity index (χ0n) is 13.4. The quantitative estimate of drug-likeness (QED) is 0.731. The van der Waals surface area contributed by atoms with E-state index >= 15 is 0 Å². The van der Waals surface area contributed by atoms with E-state index in [0.29, 0.717) is 10.9 Å². The van der Waals surface area contributed by atoms with Gasteiger partial charge in [-0.1, -0.05) is 51.3 Å².